The fraction of sp³-hybridized carbons (Fsp3) is 0.214. The fourth-order valence-corrected chi connectivity index (χ4v) is 1.81. The van der Waals surface area contributed by atoms with Crippen molar-refractivity contribution in [1.29, 1.82) is 0 Å². The van der Waals surface area contributed by atoms with Crippen LogP contribution in [0.3, 0.4) is 0 Å². The minimum Gasteiger partial charge on any atom is -0.481 e. The molecule has 0 atom stereocenters. The number of hydrogen-bond acceptors (Lipinski definition) is 5. The number of carbonyl (C=O) groups excluding carboxylic acids is 2. The second-order valence-electron chi connectivity index (χ2n) is 4.50. The molecule has 6 nitrogen and oxygen atoms in total. The number of nitrogens with one attached hydrogen (secondary N) is 1. The maximum atomic E-state index is 13.9. The van der Waals surface area contributed by atoms with E-state index in [-0.39, 0.29) is 36.5 Å². The Bertz CT molecular complexity index is 753. The first kappa shape index (κ1) is 17.3. The highest BCUT2D eigenvalue weighted by molar-refractivity contribution is 6.30. The van der Waals surface area contributed by atoms with E-state index >= 15 is 0 Å². The van der Waals surface area contributed by atoms with Crippen LogP contribution in [0.2, 0.25) is 0 Å². The van der Waals surface area contributed by atoms with E-state index in [1.54, 1.807) is 0 Å². The SMILES string of the molecule is C#CCN1C(=O)COc2cc(F)c(NN=CC(=O)C(F)(F)F)cc21. The van der Waals surface area contributed by atoms with Gasteiger partial charge >= 0.3 is 6.18 Å². The van der Waals surface area contributed by atoms with Crippen LogP contribution in [0.15, 0.2) is 17.2 Å². The maximum Gasteiger partial charge on any atom is 0.455 e. The first-order valence-electron chi connectivity index (χ1n) is 6.34. The molecular weight excluding hydrogens is 334 g/mol. The minimum atomic E-state index is -5.08. The maximum absolute atomic E-state index is 13.9. The molecule has 1 amide bonds. The van der Waals surface area contributed by atoms with Crippen LogP contribution in [0.5, 0.6) is 5.75 Å². The van der Waals surface area contributed by atoms with Gasteiger partial charge in [-0.15, -0.1) is 6.42 Å². The Kier molecular flexibility index (Phi) is 4.73. The Balaban J connectivity index is 2.27. The van der Waals surface area contributed by atoms with E-state index in [1.807, 2.05) is 5.43 Å². The lowest BCUT2D eigenvalue weighted by atomic mass is 10.2. The number of ketones is 1. The van der Waals surface area contributed by atoms with E-state index in [0.717, 1.165) is 17.0 Å². The quantitative estimate of drug-likeness (QED) is 0.391. The van der Waals surface area contributed by atoms with Crippen LogP contribution in [0.25, 0.3) is 0 Å². The van der Waals surface area contributed by atoms with Gasteiger partial charge in [0.2, 0.25) is 0 Å². The molecule has 24 heavy (non-hydrogen) atoms. The van der Waals surface area contributed by atoms with Crippen molar-refractivity contribution < 1.29 is 31.9 Å². The van der Waals surface area contributed by atoms with Gasteiger partial charge in [0.25, 0.3) is 11.7 Å². The van der Waals surface area contributed by atoms with Gasteiger partial charge in [-0.25, -0.2) is 4.39 Å². The predicted molar refractivity (Wildman–Crippen MR) is 76.3 cm³/mol. The topological polar surface area (TPSA) is 71.0 Å². The van der Waals surface area contributed by atoms with Crippen molar-refractivity contribution in [2.24, 2.45) is 5.10 Å². The Morgan fingerprint density at radius 3 is 2.83 bits per heavy atom. The summed E-state index contributed by atoms with van der Waals surface area (Å²) in [6.07, 6.45) is 0.0510. The van der Waals surface area contributed by atoms with Gasteiger partial charge in [0.05, 0.1) is 24.1 Å². The molecule has 0 bridgehead atoms. The van der Waals surface area contributed by atoms with Gasteiger partial charge in [0.1, 0.15) is 5.75 Å². The van der Waals surface area contributed by atoms with Crippen LogP contribution >= 0.6 is 0 Å². The third kappa shape index (κ3) is 3.62. The van der Waals surface area contributed by atoms with Crippen molar-refractivity contribution in [1.82, 2.24) is 0 Å². The Labute approximate surface area is 133 Å². The predicted octanol–water partition coefficient (Wildman–Crippen LogP) is 1.71. The zero-order valence-electron chi connectivity index (χ0n) is 11.9. The summed E-state index contributed by atoms with van der Waals surface area (Å²) in [5.41, 5.74) is 1.74. The first-order valence-corrected chi connectivity index (χ1v) is 6.34. The van der Waals surface area contributed by atoms with E-state index in [0.29, 0.717) is 0 Å². The number of halogens is 4. The first-order chi connectivity index (χ1) is 11.2. The largest absolute Gasteiger partial charge is 0.481 e. The zero-order valence-corrected chi connectivity index (χ0v) is 11.9. The van der Waals surface area contributed by atoms with Crippen molar-refractivity contribution in [3.63, 3.8) is 0 Å². The molecule has 2 rings (SSSR count). The van der Waals surface area contributed by atoms with Crippen LogP contribution in [0, 0.1) is 18.2 Å². The van der Waals surface area contributed by atoms with Crippen LogP contribution < -0.4 is 15.1 Å². The van der Waals surface area contributed by atoms with Gasteiger partial charge in [-0.05, 0) is 6.07 Å². The number of rotatable bonds is 4. The lowest BCUT2D eigenvalue weighted by molar-refractivity contribution is -0.162. The van der Waals surface area contributed by atoms with Crippen molar-refractivity contribution in [3.8, 4) is 18.1 Å². The van der Waals surface area contributed by atoms with Crippen LogP contribution in [0.1, 0.15) is 0 Å². The molecule has 1 aliphatic rings. The monoisotopic (exact) mass is 343 g/mol. The summed E-state index contributed by atoms with van der Waals surface area (Å²) in [7, 11) is 0. The highest BCUT2D eigenvalue weighted by Gasteiger charge is 2.37. The smallest absolute Gasteiger partial charge is 0.455 e. The number of Topliss-reactive ketones (excluding diaryl/α,β-unsaturated/α-hetero) is 1. The molecule has 1 aromatic carbocycles. The number of benzene rings is 1. The molecule has 1 aliphatic heterocycles. The van der Waals surface area contributed by atoms with Gasteiger partial charge in [-0.1, -0.05) is 5.92 Å². The third-order valence-electron chi connectivity index (χ3n) is 2.89. The number of terminal acetylenes is 1. The number of nitrogens with zero attached hydrogens (tertiary/aromatic N) is 2. The van der Waals surface area contributed by atoms with E-state index < -0.39 is 23.7 Å². The summed E-state index contributed by atoms with van der Waals surface area (Å²) >= 11 is 0. The number of hydrogen-bond donors (Lipinski definition) is 1. The van der Waals surface area contributed by atoms with Gasteiger partial charge < -0.3 is 4.74 Å². The highest BCUT2D eigenvalue weighted by atomic mass is 19.4. The summed E-state index contributed by atoms with van der Waals surface area (Å²) in [5, 5.41) is 3.04. The van der Waals surface area contributed by atoms with Crippen molar-refractivity contribution in [2.45, 2.75) is 6.18 Å². The number of alkyl halides is 3. The molecule has 1 aromatic rings. The summed E-state index contributed by atoms with van der Waals surface area (Å²) < 4.78 is 55.1. The number of amides is 1. The summed E-state index contributed by atoms with van der Waals surface area (Å²) in [4.78, 5) is 23.5. The van der Waals surface area contributed by atoms with Crippen LogP contribution in [-0.4, -0.2) is 37.2 Å². The molecule has 0 saturated heterocycles. The van der Waals surface area contributed by atoms with E-state index in [4.69, 9.17) is 11.2 Å². The number of anilines is 2. The van der Waals surface area contributed by atoms with Crippen molar-refractivity contribution >= 4 is 29.3 Å². The molecule has 0 saturated carbocycles. The molecule has 0 aromatic heterocycles. The Morgan fingerprint density at radius 1 is 1.50 bits per heavy atom. The van der Waals surface area contributed by atoms with Gasteiger partial charge in [0.15, 0.2) is 12.4 Å². The average molecular weight is 343 g/mol. The summed E-state index contributed by atoms with van der Waals surface area (Å²) in [5.74, 6) is -1.28. The molecule has 1 N–H and O–H groups in total. The fourth-order valence-electron chi connectivity index (χ4n) is 1.81. The number of ether oxygens (including phenoxy) is 1. The minimum absolute atomic E-state index is 0.0280. The van der Waals surface area contributed by atoms with E-state index in [2.05, 4.69) is 11.0 Å². The molecule has 0 spiro atoms. The lowest BCUT2D eigenvalue weighted by Crippen LogP contribution is -2.39. The molecular formula is C14H9F4N3O3. The van der Waals surface area contributed by atoms with Crippen LogP contribution in [0.4, 0.5) is 28.9 Å². The van der Waals surface area contributed by atoms with Crippen LogP contribution in [-0.2, 0) is 9.59 Å². The molecule has 0 unspecified atom stereocenters. The lowest BCUT2D eigenvalue weighted by Gasteiger charge is -2.28. The normalized spacial score (nSPS) is 14.1. The number of fused-ring (bicyclic) bond motifs is 1. The Morgan fingerprint density at radius 2 is 2.21 bits per heavy atom. The van der Waals surface area contributed by atoms with E-state index in [9.17, 15) is 27.2 Å². The summed E-state index contributed by atoms with van der Waals surface area (Å²) in [6.45, 7) is -0.421. The molecule has 1 heterocycles. The van der Waals surface area contributed by atoms with Gasteiger partial charge in [-0.3, -0.25) is 19.9 Å². The molecule has 0 radical (unpaired) electrons. The second kappa shape index (κ2) is 6.57. The van der Waals surface area contributed by atoms with Gasteiger partial charge in [-0.2, -0.15) is 18.3 Å². The average Bonchev–Trinajstić information content (AvgIpc) is 2.50. The zero-order chi connectivity index (χ0) is 17.9. The molecule has 10 heteroatoms. The molecule has 0 fully saturated rings. The highest BCUT2D eigenvalue weighted by Crippen LogP contribution is 2.36. The van der Waals surface area contributed by atoms with Crippen molar-refractivity contribution in [3.05, 3.63) is 17.9 Å². The molecule has 0 aliphatic carbocycles. The van der Waals surface area contributed by atoms with Crippen molar-refractivity contribution in [2.75, 3.05) is 23.5 Å². The van der Waals surface area contributed by atoms with Gasteiger partial charge in [0, 0.05) is 6.07 Å². The third-order valence-corrected chi connectivity index (χ3v) is 2.89. The number of hydrazone groups is 1. The Hall–Kier alpha value is -3.09. The molecule has 126 valence electrons. The standard InChI is InChI=1S/C14H9F4N3O3/c1-2-3-21-10-5-9(20-19-6-12(22)14(16,17)18)8(15)4-11(10)24-7-13(21)23/h1,4-6,20H,3,7H2. The number of carbonyl (C=O) groups is 2. The van der Waals surface area contributed by atoms with E-state index in [1.165, 1.54) is 0 Å². The second-order valence-corrected chi connectivity index (χ2v) is 4.50. The summed E-state index contributed by atoms with van der Waals surface area (Å²) in [6, 6.07) is 2.02.